The van der Waals surface area contributed by atoms with Crippen molar-refractivity contribution in [2.24, 2.45) is 5.92 Å². The molecule has 45 heavy (non-hydrogen) atoms. The zero-order valence-corrected chi connectivity index (χ0v) is 27.3. The van der Waals surface area contributed by atoms with Crippen molar-refractivity contribution in [1.29, 1.82) is 0 Å². The molecular weight excluding hydrogens is 592 g/mol. The number of fused-ring (bicyclic) bond motifs is 6. The molecule has 3 heterocycles. The number of rotatable bonds is 6. The number of amides is 2. The maximum absolute atomic E-state index is 14.4. The van der Waals surface area contributed by atoms with Crippen LogP contribution in [0.15, 0.2) is 52.6 Å². The van der Waals surface area contributed by atoms with E-state index in [0.29, 0.717) is 44.2 Å². The topological polar surface area (TPSA) is 110 Å². The number of benzene rings is 1. The fraction of sp³-hybridized carbons (Fsp3) is 0.529. The SMILES string of the molecule is COc1ccc(C2CCCCC2)c2c1cc1n2CC2=C(C(=O)NS(=O)(=O)N(C)C)C2=C2C=CC[C@@H](C(=O)N3CCOC[C@H]3C)C21. The second kappa shape index (κ2) is 11.4. The number of nitrogens with one attached hydrogen (secondary N) is 1. The lowest BCUT2D eigenvalue weighted by Crippen LogP contribution is -2.50. The van der Waals surface area contributed by atoms with Crippen LogP contribution in [0, 0.1) is 5.92 Å². The van der Waals surface area contributed by atoms with Gasteiger partial charge in [0.1, 0.15) is 5.75 Å². The summed E-state index contributed by atoms with van der Waals surface area (Å²) in [4.78, 5) is 29.9. The monoisotopic (exact) mass is 634 g/mol. The number of methoxy groups -OCH3 is 1. The van der Waals surface area contributed by atoms with Gasteiger partial charge in [0, 0.05) is 44.2 Å². The van der Waals surface area contributed by atoms with Crippen LogP contribution >= 0.6 is 0 Å². The Labute approximate surface area is 264 Å². The predicted molar refractivity (Wildman–Crippen MR) is 171 cm³/mol. The zero-order valence-electron chi connectivity index (χ0n) is 26.5. The van der Waals surface area contributed by atoms with Crippen molar-refractivity contribution in [2.75, 3.05) is 41.0 Å². The van der Waals surface area contributed by atoms with E-state index in [9.17, 15) is 18.0 Å². The van der Waals surface area contributed by atoms with Crippen molar-refractivity contribution in [3.8, 4) is 5.75 Å². The van der Waals surface area contributed by atoms with Gasteiger partial charge in [-0.25, -0.2) is 4.72 Å². The van der Waals surface area contributed by atoms with Crippen molar-refractivity contribution >= 4 is 32.9 Å². The van der Waals surface area contributed by atoms with Crippen LogP contribution < -0.4 is 9.46 Å². The van der Waals surface area contributed by atoms with E-state index in [2.05, 4.69) is 27.5 Å². The Balaban J connectivity index is 1.42. The first-order valence-electron chi connectivity index (χ1n) is 16.1. The van der Waals surface area contributed by atoms with Crippen molar-refractivity contribution in [1.82, 2.24) is 18.5 Å². The summed E-state index contributed by atoms with van der Waals surface area (Å²) in [5.74, 6) is -0.0300. The molecule has 2 aliphatic heterocycles. The number of allylic oxidation sites excluding steroid dienone is 4. The summed E-state index contributed by atoms with van der Waals surface area (Å²) in [7, 11) is 0.489. The Kier molecular flexibility index (Phi) is 7.69. The molecule has 1 aromatic carbocycles. The summed E-state index contributed by atoms with van der Waals surface area (Å²) in [6.07, 6.45) is 10.5. The molecule has 0 bridgehead atoms. The average molecular weight is 635 g/mol. The molecule has 1 saturated heterocycles. The minimum atomic E-state index is -3.98. The van der Waals surface area contributed by atoms with Crippen LogP contribution in [0.2, 0.25) is 0 Å². The molecule has 10 nitrogen and oxygen atoms in total. The van der Waals surface area contributed by atoms with Gasteiger partial charge in [-0.2, -0.15) is 12.7 Å². The fourth-order valence-corrected chi connectivity index (χ4v) is 8.55. The highest BCUT2D eigenvalue weighted by Crippen LogP contribution is 2.55. The van der Waals surface area contributed by atoms with Crippen molar-refractivity contribution in [2.45, 2.75) is 69.9 Å². The summed E-state index contributed by atoms with van der Waals surface area (Å²) in [5, 5.41) is 1.02. The molecule has 1 N–H and O–H groups in total. The maximum atomic E-state index is 14.4. The number of carbonyl (C=O) groups is 2. The molecule has 0 spiro atoms. The van der Waals surface area contributed by atoms with Crippen LogP contribution in [0.25, 0.3) is 10.9 Å². The summed E-state index contributed by atoms with van der Waals surface area (Å²) < 4.78 is 42.4. The molecular formula is C34H42N4O6S. The lowest BCUT2D eigenvalue weighted by molar-refractivity contribution is -0.144. The largest absolute Gasteiger partial charge is 0.496 e. The van der Waals surface area contributed by atoms with Gasteiger partial charge < -0.3 is 18.9 Å². The molecule has 3 atom stereocenters. The average Bonchev–Trinajstić information content (AvgIpc) is 3.66. The van der Waals surface area contributed by atoms with Crippen LogP contribution in [0.4, 0.5) is 0 Å². The summed E-state index contributed by atoms with van der Waals surface area (Å²) in [6, 6.07) is 6.43. The second-order valence-electron chi connectivity index (χ2n) is 13.2. The third-order valence-electron chi connectivity index (χ3n) is 10.4. The van der Waals surface area contributed by atoms with Gasteiger partial charge >= 0.3 is 10.2 Å². The van der Waals surface area contributed by atoms with Crippen LogP contribution in [-0.2, 0) is 31.1 Å². The maximum Gasteiger partial charge on any atom is 0.303 e. The fourth-order valence-electron chi connectivity index (χ4n) is 8.04. The van der Waals surface area contributed by atoms with E-state index in [4.69, 9.17) is 9.47 Å². The molecule has 1 unspecified atom stereocenters. The van der Waals surface area contributed by atoms with Gasteiger partial charge in [0.25, 0.3) is 5.91 Å². The standard InChI is InChI=1S/C34H42N4O6S/c1-20-19-44-16-15-37(20)34(40)24-12-8-11-23-29(24)27-17-25-28(43-4)14-13-22(21-9-6-5-7-10-21)32(25)38(27)18-26-30(23)31(26)33(39)35-45(41,42)36(2)3/h8,11,13-14,17,20-21,24,29H,5-7,9-10,12,15-16,18-19H2,1-4H3,(H,35,39)/t20-,24-,29?/m1/s1. The minimum Gasteiger partial charge on any atom is -0.496 e. The highest BCUT2D eigenvalue weighted by Gasteiger charge is 2.48. The number of morpholine rings is 1. The van der Waals surface area contributed by atoms with Gasteiger partial charge in [0.2, 0.25) is 5.91 Å². The van der Waals surface area contributed by atoms with Gasteiger partial charge in [-0.15, -0.1) is 0 Å². The summed E-state index contributed by atoms with van der Waals surface area (Å²) >= 11 is 0. The highest BCUT2D eigenvalue weighted by atomic mass is 32.2. The van der Waals surface area contributed by atoms with E-state index in [1.54, 1.807) is 7.11 Å². The first kappa shape index (κ1) is 30.3. The zero-order chi connectivity index (χ0) is 31.6. The molecule has 0 radical (unpaired) electrons. The van der Waals surface area contributed by atoms with Crippen LogP contribution in [0.5, 0.6) is 5.75 Å². The lowest BCUT2D eigenvalue weighted by atomic mass is 9.75. The van der Waals surface area contributed by atoms with Crippen LogP contribution in [0.1, 0.15) is 68.5 Å². The van der Waals surface area contributed by atoms with Gasteiger partial charge in [-0.05, 0) is 66.5 Å². The molecule has 1 aromatic heterocycles. The Morgan fingerprint density at radius 3 is 2.62 bits per heavy atom. The molecule has 2 aromatic rings. The van der Waals surface area contributed by atoms with Gasteiger partial charge in [-0.1, -0.05) is 37.5 Å². The van der Waals surface area contributed by atoms with E-state index < -0.39 is 16.1 Å². The second-order valence-corrected chi connectivity index (χ2v) is 15.1. The van der Waals surface area contributed by atoms with Crippen molar-refractivity contribution in [3.05, 3.63) is 63.9 Å². The number of nitrogens with zero attached hydrogens (tertiary/aromatic N) is 3. The number of hydrogen-bond acceptors (Lipinski definition) is 6. The first-order valence-corrected chi connectivity index (χ1v) is 17.5. The van der Waals surface area contributed by atoms with Gasteiger partial charge in [-0.3, -0.25) is 9.59 Å². The molecule has 2 amide bonds. The molecule has 2 fully saturated rings. The lowest BCUT2D eigenvalue weighted by Gasteiger charge is -2.39. The Hall–Kier alpha value is -3.41. The van der Waals surface area contributed by atoms with Gasteiger partial charge in [0.15, 0.2) is 0 Å². The van der Waals surface area contributed by atoms with Crippen LogP contribution in [0.3, 0.4) is 0 Å². The van der Waals surface area contributed by atoms with E-state index in [1.807, 2.05) is 24.0 Å². The Bertz CT molecular complexity index is 1780. The molecule has 7 rings (SSSR count). The number of carbonyl (C=O) groups excluding carboxylic acids is 2. The highest BCUT2D eigenvalue weighted by molar-refractivity contribution is 7.87. The summed E-state index contributed by atoms with van der Waals surface area (Å²) in [5.41, 5.74) is 6.34. The molecule has 5 aliphatic rings. The quantitative estimate of drug-likeness (QED) is 0.512. The third kappa shape index (κ3) is 5.03. The molecule has 3 aliphatic carbocycles. The minimum absolute atomic E-state index is 0.0323. The van der Waals surface area contributed by atoms with E-state index >= 15 is 0 Å². The molecule has 11 heteroatoms. The number of ether oxygens (including phenoxy) is 2. The number of aromatic nitrogens is 1. The Morgan fingerprint density at radius 2 is 1.91 bits per heavy atom. The molecule has 1 saturated carbocycles. The normalized spacial score (nSPS) is 25.2. The number of hydrogen-bond donors (Lipinski definition) is 1. The molecule has 240 valence electrons. The summed E-state index contributed by atoms with van der Waals surface area (Å²) in [6.45, 7) is 4.01. The predicted octanol–water partition coefficient (Wildman–Crippen LogP) is 4.15. The van der Waals surface area contributed by atoms with Crippen LogP contribution in [-0.4, -0.2) is 81.0 Å². The Morgan fingerprint density at radius 1 is 1.13 bits per heavy atom. The third-order valence-corrected chi connectivity index (χ3v) is 11.8. The smallest absolute Gasteiger partial charge is 0.303 e. The van der Waals surface area contributed by atoms with Crippen molar-refractivity contribution in [3.63, 3.8) is 0 Å². The van der Waals surface area contributed by atoms with Crippen molar-refractivity contribution < 1.29 is 27.5 Å². The van der Waals surface area contributed by atoms with E-state index in [1.165, 1.54) is 38.9 Å². The van der Waals surface area contributed by atoms with E-state index in [-0.39, 0.29) is 23.8 Å². The van der Waals surface area contributed by atoms with Gasteiger partial charge in [0.05, 0.1) is 43.4 Å². The first-order chi connectivity index (χ1) is 21.6. The van der Waals surface area contributed by atoms with E-state index in [0.717, 1.165) is 56.2 Å².